The number of thiazole rings is 1. The van der Waals surface area contributed by atoms with Gasteiger partial charge in [-0.25, -0.2) is 4.98 Å². The third-order valence-electron chi connectivity index (χ3n) is 5.96. The van der Waals surface area contributed by atoms with Crippen molar-refractivity contribution < 1.29 is 23.9 Å². The lowest BCUT2D eigenvalue weighted by Gasteiger charge is -2.26. The Morgan fingerprint density at radius 2 is 1.74 bits per heavy atom. The second kappa shape index (κ2) is 13.6. The smallest absolute Gasteiger partial charge is 0.254 e. The Hall–Kier alpha value is -3.92. The van der Waals surface area contributed by atoms with Crippen LogP contribution in [0, 0.1) is 0 Å². The van der Waals surface area contributed by atoms with Crippen molar-refractivity contribution in [3.63, 3.8) is 0 Å². The van der Waals surface area contributed by atoms with Crippen LogP contribution in [-0.4, -0.2) is 72.9 Å². The molecule has 0 aliphatic heterocycles. The minimum atomic E-state index is -0.345. The van der Waals surface area contributed by atoms with Crippen LogP contribution in [0.4, 0.5) is 5.13 Å². The number of carbonyl (C=O) groups excluding carboxylic acids is 3. The predicted molar refractivity (Wildman–Crippen MR) is 148 cm³/mol. The number of carbonyl (C=O) groups is 3. The zero-order chi connectivity index (χ0) is 27.7. The highest BCUT2D eigenvalue weighted by Crippen LogP contribution is 2.27. The van der Waals surface area contributed by atoms with Gasteiger partial charge in [0.2, 0.25) is 11.8 Å². The number of methoxy groups -OCH3 is 2. The van der Waals surface area contributed by atoms with Gasteiger partial charge in [-0.15, -0.1) is 11.3 Å². The molecule has 0 atom stereocenters. The first-order chi connectivity index (χ1) is 18.2. The maximum atomic E-state index is 12.8. The van der Waals surface area contributed by atoms with Crippen molar-refractivity contribution in [2.24, 2.45) is 0 Å². The number of aromatic nitrogens is 1. The summed E-state index contributed by atoms with van der Waals surface area (Å²) >= 11 is 1.25. The topological polar surface area (TPSA) is 101 Å². The number of benzene rings is 2. The molecule has 38 heavy (non-hydrogen) atoms. The molecule has 0 spiro atoms. The SMILES string of the molecule is COc1ccc(CCN(C)C(=O)Cc2csc(NC(=O)CN(C(=O)c3ccccc3)C(C)C)n2)cc1OC. The number of nitrogens with zero attached hydrogens (tertiary/aromatic N) is 3. The zero-order valence-corrected chi connectivity index (χ0v) is 23.2. The maximum absolute atomic E-state index is 12.8. The highest BCUT2D eigenvalue weighted by Gasteiger charge is 2.22. The highest BCUT2D eigenvalue weighted by atomic mass is 32.1. The van der Waals surface area contributed by atoms with Gasteiger partial charge in [0, 0.05) is 30.6 Å². The molecule has 2 aromatic carbocycles. The average molecular weight is 539 g/mol. The molecule has 0 saturated carbocycles. The Balaban J connectivity index is 1.51. The zero-order valence-electron chi connectivity index (χ0n) is 22.4. The standard InChI is InChI=1S/C28H34N4O5S/c1-19(2)32(27(35)21-9-7-6-8-10-21)17-25(33)30-28-29-22(18-38-28)16-26(34)31(3)14-13-20-11-12-23(36-4)24(15-20)37-5/h6-12,15,18-19H,13-14,16-17H2,1-5H3,(H,29,30,33). The van der Waals surface area contributed by atoms with Gasteiger partial charge in [-0.05, 0) is 50.1 Å². The van der Waals surface area contributed by atoms with Crippen LogP contribution >= 0.6 is 11.3 Å². The lowest BCUT2D eigenvalue weighted by atomic mass is 10.1. The molecule has 202 valence electrons. The van der Waals surface area contributed by atoms with Gasteiger partial charge < -0.3 is 24.6 Å². The van der Waals surface area contributed by atoms with Crippen LogP contribution < -0.4 is 14.8 Å². The second-order valence-electron chi connectivity index (χ2n) is 9.02. The van der Waals surface area contributed by atoms with Gasteiger partial charge in [-0.2, -0.15) is 0 Å². The lowest BCUT2D eigenvalue weighted by Crippen LogP contribution is -2.42. The van der Waals surface area contributed by atoms with E-state index in [1.165, 1.54) is 16.2 Å². The van der Waals surface area contributed by atoms with Gasteiger partial charge in [0.15, 0.2) is 16.6 Å². The summed E-state index contributed by atoms with van der Waals surface area (Å²) in [4.78, 5) is 45.8. The molecule has 1 aromatic heterocycles. The van der Waals surface area contributed by atoms with E-state index >= 15 is 0 Å². The van der Waals surface area contributed by atoms with Crippen molar-refractivity contribution in [1.82, 2.24) is 14.8 Å². The van der Waals surface area contributed by atoms with Gasteiger partial charge in [-0.3, -0.25) is 14.4 Å². The van der Waals surface area contributed by atoms with Crippen LogP contribution in [0.2, 0.25) is 0 Å². The van der Waals surface area contributed by atoms with Crippen molar-refractivity contribution in [1.29, 1.82) is 0 Å². The monoisotopic (exact) mass is 538 g/mol. The second-order valence-corrected chi connectivity index (χ2v) is 9.87. The number of hydrogen-bond acceptors (Lipinski definition) is 7. The molecule has 0 bridgehead atoms. The van der Waals surface area contributed by atoms with E-state index in [1.54, 1.807) is 55.8 Å². The van der Waals surface area contributed by atoms with E-state index in [0.29, 0.717) is 40.9 Å². The molecule has 0 saturated heterocycles. The molecule has 1 heterocycles. The molecule has 9 nitrogen and oxygen atoms in total. The number of ether oxygens (including phenoxy) is 2. The molecule has 3 rings (SSSR count). The van der Waals surface area contributed by atoms with Crippen LogP contribution in [0.5, 0.6) is 11.5 Å². The number of nitrogens with one attached hydrogen (secondary N) is 1. The fraction of sp³-hybridized carbons (Fsp3) is 0.357. The number of rotatable bonds is 12. The van der Waals surface area contributed by atoms with E-state index in [9.17, 15) is 14.4 Å². The van der Waals surface area contributed by atoms with E-state index in [0.717, 1.165) is 5.56 Å². The Morgan fingerprint density at radius 1 is 1.03 bits per heavy atom. The molecule has 0 fully saturated rings. The highest BCUT2D eigenvalue weighted by molar-refractivity contribution is 7.13. The molecular formula is C28H34N4O5S. The lowest BCUT2D eigenvalue weighted by molar-refractivity contribution is -0.129. The van der Waals surface area contributed by atoms with Crippen LogP contribution in [-0.2, 0) is 22.4 Å². The van der Waals surface area contributed by atoms with Gasteiger partial charge in [0.05, 0.1) is 26.3 Å². The van der Waals surface area contributed by atoms with E-state index in [2.05, 4.69) is 10.3 Å². The summed E-state index contributed by atoms with van der Waals surface area (Å²) in [5, 5.41) is 4.90. The van der Waals surface area contributed by atoms with Crippen molar-refractivity contribution in [3.8, 4) is 11.5 Å². The maximum Gasteiger partial charge on any atom is 0.254 e. The summed E-state index contributed by atoms with van der Waals surface area (Å²) in [6.07, 6.45) is 0.786. The molecule has 0 radical (unpaired) electrons. The largest absolute Gasteiger partial charge is 0.493 e. The van der Waals surface area contributed by atoms with Crippen LogP contribution in [0.25, 0.3) is 0 Å². The summed E-state index contributed by atoms with van der Waals surface area (Å²) in [6.45, 7) is 4.16. The van der Waals surface area contributed by atoms with Crippen molar-refractivity contribution in [3.05, 3.63) is 70.7 Å². The molecule has 3 amide bonds. The van der Waals surface area contributed by atoms with Gasteiger partial charge in [0.1, 0.15) is 6.54 Å². The number of likely N-dealkylation sites (N-methyl/N-ethyl adjacent to an activating group) is 1. The van der Waals surface area contributed by atoms with Crippen molar-refractivity contribution in [2.45, 2.75) is 32.7 Å². The molecule has 0 aliphatic rings. The summed E-state index contributed by atoms with van der Waals surface area (Å²) in [5.41, 5.74) is 2.13. The van der Waals surface area contributed by atoms with Crippen molar-refractivity contribution >= 4 is 34.2 Å². The van der Waals surface area contributed by atoms with E-state index in [4.69, 9.17) is 9.47 Å². The number of amides is 3. The summed E-state index contributed by atoms with van der Waals surface area (Å²) < 4.78 is 10.6. The predicted octanol–water partition coefficient (Wildman–Crippen LogP) is 3.89. The van der Waals surface area contributed by atoms with E-state index < -0.39 is 0 Å². The number of hydrogen-bond donors (Lipinski definition) is 1. The molecule has 1 N–H and O–H groups in total. The fourth-order valence-electron chi connectivity index (χ4n) is 3.74. The van der Waals surface area contributed by atoms with Gasteiger partial charge in [-0.1, -0.05) is 24.3 Å². The number of anilines is 1. The van der Waals surface area contributed by atoms with Gasteiger partial charge in [0.25, 0.3) is 5.91 Å². The third-order valence-corrected chi connectivity index (χ3v) is 6.77. The van der Waals surface area contributed by atoms with E-state index in [1.807, 2.05) is 38.1 Å². The van der Waals surface area contributed by atoms with Crippen LogP contribution in [0.1, 0.15) is 35.5 Å². The van der Waals surface area contributed by atoms with Crippen molar-refractivity contribution in [2.75, 3.05) is 39.7 Å². The first-order valence-electron chi connectivity index (χ1n) is 12.3. The summed E-state index contributed by atoms with van der Waals surface area (Å²) in [5.74, 6) is 0.677. The summed E-state index contributed by atoms with van der Waals surface area (Å²) in [6, 6.07) is 14.4. The molecule has 10 heteroatoms. The molecular weight excluding hydrogens is 504 g/mol. The first kappa shape index (κ1) is 28.6. The molecule has 0 aliphatic carbocycles. The Bertz CT molecular complexity index is 1250. The molecule has 3 aromatic rings. The Labute approximate surface area is 227 Å². The minimum absolute atomic E-state index is 0.0758. The Kier molecular flexibility index (Phi) is 10.2. The van der Waals surface area contributed by atoms with Gasteiger partial charge >= 0.3 is 0 Å². The average Bonchev–Trinajstić information content (AvgIpc) is 3.36. The van der Waals surface area contributed by atoms with Crippen LogP contribution in [0.3, 0.4) is 0 Å². The molecule has 0 unspecified atom stereocenters. The fourth-order valence-corrected chi connectivity index (χ4v) is 4.47. The first-order valence-corrected chi connectivity index (χ1v) is 13.1. The minimum Gasteiger partial charge on any atom is -0.493 e. The Morgan fingerprint density at radius 3 is 2.39 bits per heavy atom. The third kappa shape index (κ3) is 7.79. The normalized spacial score (nSPS) is 10.7. The summed E-state index contributed by atoms with van der Waals surface area (Å²) in [7, 11) is 4.93. The quantitative estimate of drug-likeness (QED) is 0.376. The van der Waals surface area contributed by atoms with Crippen LogP contribution in [0.15, 0.2) is 53.9 Å². The van der Waals surface area contributed by atoms with E-state index in [-0.39, 0.29) is 36.7 Å².